The summed E-state index contributed by atoms with van der Waals surface area (Å²) in [7, 11) is 0. The monoisotopic (exact) mass is 221 g/mol. The Balaban J connectivity index is 1.70. The van der Waals surface area contributed by atoms with Crippen LogP contribution in [0.4, 0.5) is 0 Å². The molecule has 2 rings (SSSR count). The summed E-state index contributed by atoms with van der Waals surface area (Å²) in [5, 5.41) is 12.0. The first-order valence-corrected chi connectivity index (χ1v) is 5.90. The van der Waals surface area contributed by atoms with Crippen LogP contribution in [0.2, 0.25) is 0 Å². The van der Waals surface area contributed by atoms with Crippen molar-refractivity contribution in [2.45, 2.75) is 31.6 Å². The van der Waals surface area contributed by atoms with E-state index >= 15 is 0 Å². The van der Waals surface area contributed by atoms with Crippen LogP contribution in [-0.2, 0) is 11.3 Å². The average molecular weight is 221 g/mol. The lowest BCUT2D eigenvalue weighted by molar-refractivity contribution is -0.0366. The first-order valence-electron chi connectivity index (χ1n) is 5.90. The molecule has 0 amide bonds. The molecule has 0 bridgehead atoms. The van der Waals surface area contributed by atoms with Gasteiger partial charge < -0.3 is 15.2 Å². The third-order valence-corrected chi connectivity index (χ3v) is 3.04. The summed E-state index contributed by atoms with van der Waals surface area (Å²) < 4.78 is 5.83. The quantitative estimate of drug-likeness (QED) is 0.761. The van der Waals surface area contributed by atoms with Crippen LogP contribution in [0.15, 0.2) is 30.3 Å². The van der Waals surface area contributed by atoms with Gasteiger partial charge in [-0.05, 0) is 18.4 Å². The second kappa shape index (κ2) is 5.99. The minimum atomic E-state index is 0.196. The lowest BCUT2D eigenvalue weighted by Gasteiger charge is -2.37. The molecular weight excluding hydrogens is 202 g/mol. The van der Waals surface area contributed by atoms with E-state index in [-0.39, 0.29) is 6.61 Å². The third kappa shape index (κ3) is 3.04. The van der Waals surface area contributed by atoms with E-state index in [1.165, 1.54) is 5.56 Å². The number of rotatable bonds is 6. The Bertz CT molecular complexity index is 302. The van der Waals surface area contributed by atoms with E-state index in [9.17, 15) is 0 Å². The number of ether oxygens (including phenoxy) is 1. The fraction of sp³-hybridized carbons (Fsp3) is 0.538. The minimum absolute atomic E-state index is 0.196. The second-order valence-corrected chi connectivity index (χ2v) is 4.20. The van der Waals surface area contributed by atoms with Crippen molar-refractivity contribution in [2.24, 2.45) is 0 Å². The van der Waals surface area contributed by atoms with E-state index in [1.54, 1.807) is 0 Å². The van der Waals surface area contributed by atoms with Gasteiger partial charge >= 0.3 is 0 Å². The number of hydrogen-bond donors (Lipinski definition) is 2. The Kier molecular flexibility index (Phi) is 4.34. The van der Waals surface area contributed by atoms with Crippen LogP contribution in [-0.4, -0.2) is 30.4 Å². The Hall–Kier alpha value is -0.900. The van der Waals surface area contributed by atoms with Gasteiger partial charge in [-0.25, -0.2) is 0 Å². The van der Waals surface area contributed by atoms with Gasteiger partial charge in [0.05, 0.1) is 19.3 Å². The van der Waals surface area contributed by atoms with Crippen LogP contribution in [0, 0.1) is 0 Å². The van der Waals surface area contributed by atoms with Gasteiger partial charge in [-0.1, -0.05) is 30.3 Å². The van der Waals surface area contributed by atoms with Gasteiger partial charge in [0.15, 0.2) is 0 Å². The molecule has 0 spiro atoms. The molecule has 0 saturated heterocycles. The Morgan fingerprint density at radius 2 is 2.06 bits per heavy atom. The summed E-state index contributed by atoms with van der Waals surface area (Å²) in [6, 6.07) is 10.7. The number of aliphatic hydroxyl groups excluding tert-OH is 1. The van der Waals surface area contributed by atoms with Crippen molar-refractivity contribution in [3.63, 3.8) is 0 Å². The molecule has 1 aromatic carbocycles. The number of benzene rings is 1. The van der Waals surface area contributed by atoms with E-state index < -0.39 is 0 Å². The summed E-state index contributed by atoms with van der Waals surface area (Å²) in [6.45, 7) is 1.54. The molecule has 16 heavy (non-hydrogen) atoms. The summed E-state index contributed by atoms with van der Waals surface area (Å²) in [4.78, 5) is 0. The van der Waals surface area contributed by atoms with Crippen molar-refractivity contribution >= 4 is 0 Å². The van der Waals surface area contributed by atoms with E-state index in [1.807, 2.05) is 18.2 Å². The van der Waals surface area contributed by atoms with Crippen molar-refractivity contribution in [1.82, 2.24) is 5.32 Å². The predicted molar refractivity (Wildman–Crippen MR) is 63.1 cm³/mol. The summed E-state index contributed by atoms with van der Waals surface area (Å²) >= 11 is 0. The molecule has 3 heteroatoms. The van der Waals surface area contributed by atoms with Crippen molar-refractivity contribution in [3.05, 3.63) is 35.9 Å². The Morgan fingerprint density at radius 3 is 2.69 bits per heavy atom. The van der Waals surface area contributed by atoms with E-state index in [4.69, 9.17) is 9.84 Å². The topological polar surface area (TPSA) is 41.5 Å². The van der Waals surface area contributed by atoms with Gasteiger partial charge in [0.25, 0.3) is 0 Å². The molecule has 0 heterocycles. The highest BCUT2D eigenvalue weighted by Crippen LogP contribution is 2.24. The number of hydrogen-bond acceptors (Lipinski definition) is 3. The third-order valence-electron chi connectivity index (χ3n) is 3.04. The summed E-state index contributed by atoms with van der Waals surface area (Å²) in [5.74, 6) is 0. The highest BCUT2D eigenvalue weighted by Gasteiger charge is 2.30. The maximum absolute atomic E-state index is 8.73. The molecule has 88 valence electrons. The molecule has 2 N–H and O–H groups in total. The summed E-state index contributed by atoms with van der Waals surface area (Å²) in [6.07, 6.45) is 2.59. The first-order chi connectivity index (χ1) is 7.90. The molecule has 1 saturated carbocycles. The van der Waals surface area contributed by atoms with E-state index in [0.717, 1.165) is 12.8 Å². The van der Waals surface area contributed by atoms with Gasteiger partial charge in [0.1, 0.15) is 0 Å². The normalized spacial score (nSPS) is 24.1. The number of nitrogens with one attached hydrogen (secondary N) is 1. The van der Waals surface area contributed by atoms with Crippen molar-refractivity contribution in [2.75, 3.05) is 13.2 Å². The fourth-order valence-corrected chi connectivity index (χ4v) is 1.93. The molecule has 1 aliphatic rings. The average Bonchev–Trinajstić information content (AvgIpc) is 2.30. The predicted octanol–water partition coefficient (Wildman–Crippen LogP) is 1.32. The zero-order chi connectivity index (χ0) is 11.2. The molecule has 2 unspecified atom stereocenters. The molecule has 0 aliphatic heterocycles. The smallest absolute Gasteiger partial charge is 0.0733 e. The van der Waals surface area contributed by atoms with Gasteiger partial charge in [0.2, 0.25) is 0 Å². The SMILES string of the molecule is OCCNC1CCC1OCc1ccccc1. The highest BCUT2D eigenvalue weighted by atomic mass is 16.5. The van der Waals surface area contributed by atoms with E-state index in [0.29, 0.717) is 25.3 Å². The molecule has 1 aliphatic carbocycles. The fourth-order valence-electron chi connectivity index (χ4n) is 1.93. The highest BCUT2D eigenvalue weighted by molar-refractivity contribution is 5.13. The largest absolute Gasteiger partial charge is 0.395 e. The zero-order valence-electron chi connectivity index (χ0n) is 9.43. The van der Waals surface area contributed by atoms with Crippen LogP contribution in [0.25, 0.3) is 0 Å². The summed E-state index contributed by atoms with van der Waals surface area (Å²) in [5.41, 5.74) is 1.22. The van der Waals surface area contributed by atoms with Crippen LogP contribution in [0.3, 0.4) is 0 Å². The van der Waals surface area contributed by atoms with Crippen molar-refractivity contribution in [3.8, 4) is 0 Å². The maximum atomic E-state index is 8.73. The van der Waals surface area contributed by atoms with Crippen LogP contribution in [0.1, 0.15) is 18.4 Å². The van der Waals surface area contributed by atoms with Gasteiger partial charge in [-0.3, -0.25) is 0 Å². The van der Waals surface area contributed by atoms with Crippen LogP contribution < -0.4 is 5.32 Å². The van der Waals surface area contributed by atoms with Gasteiger partial charge in [-0.15, -0.1) is 0 Å². The van der Waals surface area contributed by atoms with Gasteiger partial charge in [0, 0.05) is 12.6 Å². The van der Waals surface area contributed by atoms with E-state index in [2.05, 4.69) is 17.4 Å². The lowest BCUT2D eigenvalue weighted by Crippen LogP contribution is -2.50. The molecular formula is C13H19NO2. The number of aliphatic hydroxyl groups is 1. The van der Waals surface area contributed by atoms with Crippen molar-refractivity contribution < 1.29 is 9.84 Å². The zero-order valence-corrected chi connectivity index (χ0v) is 9.43. The van der Waals surface area contributed by atoms with Crippen molar-refractivity contribution in [1.29, 1.82) is 0 Å². The minimum Gasteiger partial charge on any atom is -0.395 e. The van der Waals surface area contributed by atoms with Crippen LogP contribution >= 0.6 is 0 Å². The molecule has 0 radical (unpaired) electrons. The Morgan fingerprint density at radius 1 is 1.25 bits per heavy atom. The molecule has 1 fully saturated rings. The first kappa shape index (κ1) is 11.6. The van der Waals surface area contributed by atoms with Gasteiger partial charge in [-0.2, -0.15) is 0 Å². The molecule has 1 aromatic rings. The maximum Gasteiger partial charge on any atom is 0.0733 e. The Labute approximate surface area is 96.4 Å². The standard InChI is InChI=1S/C13H19NO2/c15-9-8-14-12-6-7-13(12)16-10-11-4-2-1-3-5-11/h1-5,12-15H,6-10H2. The van der Waals surface area contributed by atoms with Crippen LogP contribution in [0.5, 0.6) is 0 Å². The molecule has 3 nitrogen and oxygen atoms in total. The second-order valence-electron chi connectivity index (χ2n) is 4.20. The molecule has 2 atom stereocenters. The molecule has 0 aromatic heterocycles. The lowest BCUT2D eigenvalue weighted by atomic mass is 9.89.